The first kappa shape index (κ1) is 14.9. The quantitative estimate of drug-likeness (QED) is 0.585. The fourth-order valence-electron chi connectivity index (χ4n) is 1.69. The van der Waals surface area contributed by atoms with Crippen molar-refractivity contribution in [2.75, 3.05) is 0 Å². The monoisotopic (exact) mass is 318 g/mol. The highest BCUT2D eigenvalue weighted by Crippen LogP contribution is 2.22. The first-order valence-electron chi connectivity index (χ1n) is 5.50. The van der Waals surface area contributed by atoms with Gasteiger partial charge in [0, 0.05) is 22.0 Å². The van der Waals surface area contributed by atoms with Gasteiger partial charge in [0.1, 0.15) is 0 Å². The Morgan fingerprint density at radius 2 is 1.55 bits per heavy atom. The summed E-state index contributed by atoms with van der Waals surface area (Å²) < 4.78 is 39.3. The molecule has 20 heavy (non-hydrogen) atoms. The number of carbonyl (C=O) groups excluding carboxylic acids is 1. The van der Waals surface area contributed by atoms with E-state index >= 15 is 0 Å². The van der Waals surface area contributed by atoms with Crippen LogP contribution < -0.4 is 0 Å². The summed E-state index contributed by atoms with van der Waals surface area (Å²) >= 11 is 11.5. The summed E-state index contributed by atoms with van der Waals surface area (Å²) in [5, 5.41) is 0.512. The molecular formula is C14H7Cl2F3O. The summed E-state index contributed by atoms with van der Waals surface area (Å²) in [6.07, 6.45) is -0.417. The van der Waals surface area contributed by atoms with Gasteiger partial charge in [-0.3, -0.25) is 4.79 Å². The summed E-state index contributed by atoms with van der Waals surface area (Å²) in [5.41, 5.74) is -0.0587. The van der Waals surface area contributed by atoms with Gasteiger partial charge < -0.3 is 0 Å². The molecule has 104 valence electrons. The molecule has 0 aliphatic carbocycles. The Labute approximate surface area is 122 Å². The lowest BCUT2D eigenvalue weighted by atomic mass is 10.0. The summed E-state index contributed by atoms with van der Waals surface area (Å²) in [4.78, 5) is 12.0. The second-order valence-electron chi connectivity index (χ2n) is 4.09. The van der Waals surface area contributed by atoms with Crippen molar-refractivity contribution >= 4 is 29.0 Å². The minimum Gasteiger partial charge on any atom is -0.294 e. The molecule has 2 aromatic carbocycles. The van der Waals surface area contributed by atoms with Crippen molar-refractivity contribution in [1.82, 2.24) is 0 Å². The maximum Gasteiger partial charge on any atom is 0.194 e. The zero-order chi connectivity index (χ0) is 14.9. The van der Waals surface area contributed by atoms with Crippen molar-refractivity contribution in [3.05, 3.63) is 69.0 Å². The minimum atomic E-state index is -1.60. The van der Waals surface area contributed by atoms with Crippen LogP contribution in [0.2, 0.25) is 10.0 Å². The topological polar surface area (TPSA) is 17.1 Å². The van der Waals surface area contributed by atoms with Crippen LogP contribution in [0.5, 0.6) is 0 Å². The van der Waals surface area contributed by atoms with Crippen molar-refractivity contribution in [1.29, 1.82) is 0 Å². The fourth-order valence-corrected chi connectivity index (χ4v) is 2.22. The molecule has 0 atom stereocenters. The molecule has 0 fully saturated rings. The van der Waals surface area contributed by atoms with Gasteiger partial charge in [-0.25, -0.2) is 13.2 Å². The van der Waals surface area contributed by atoms with Crippen molar-refractivity contribution in [2.45, 2.75) is 6.42 Å². The highest BCUT2D eigenvalue weighted by Gasteiger charge is 2.17. The van der Waals surface area contributed by atoms with Crippen molar-refractivity contribution in [3.8, 4) is 0 Å². The van der Waals surface area contributed by atoms with E-state index in [-0.39, 0.29) is 21.2 Å². The molecule has 6 heteroatoms. The second kappa shape index (κ2) is 5.85. The number of hydrogen-bond acceptors (Lipinski definition) is 1. The van der Waals surface area contributed by atoms with E-state index in [1.54, 1.807) is 0 Å². The summed E-state index contributed by atoms with van der Waals surface area (Å²) in [7, 11) is 0. The fraction of sp³-hybridized carbons (Fsp3) is 0.0714. The van der Waals surface area contributed by atoms with Gasteiger partial charge in [0.05, 0.1) is 0 Å². The van der Waals surface area contributed by atoms with Crippen molar-refractivity contribution in [3.63, 3.8) is 0 Å². The number of Topliss-reactive ketones (excluding diaryl/α,β-unsaturated/α-hetero) is 1. The molecule has 0 unspecified atom stereocenters. The van der Waals surface area contributed by atoms with Gasteiger partial charge in [-0.2, -0.15) is 0 Å². The van der Waals surface area contributed by atoms with Crippen LogP contribution in [-0.2, 0) is 6.42 Å². The van der Waals surface area contributed by atoms with Crippen LogP contribution in [-0.4, -0.2) is 5.78 Å². The van der Waals surface area contributed by atoms with E-state index in [2.05, 4.69) is 0 Å². The molecule has 0 spiro atoms. The SMILES string of the molecule is O=C(Cc1ccc(F)c(F)c1F)c1cc(Cl)cc(Cl)c1. The van der Waals surface area contributed by atoms with E-state index in [0.717, 1.165) is 12.1 Å². The van der Waals surface area contributed by atoms with Gasteiger partial charge in [0.15, 0.2) is 23.2 Å². The highest BCUT2D eigenvalue weighted by atomic mass is 35.5. The zero-order valence-electron chi connectivity index (χ0n) is 9.89. The van der Waals surface area contributed by atoms with E-state index in [1.165, 1.54) is 18.2 Å². The lowest BCUT2D eigenvalue weighted by Crippen LogP contribution is -2.07. The van der Waals surface area contributed by atoms with E-state index in [1.807, 2.05) is 0 Å². The average molecular weight is 319 g/mol. The molecule has 0 aromatic heterocycles. The molecule has 0 radical (unpaired) electrons. The summed E-state index contributed by atoms with van der Waals surface area (Å²) in [6, 6.07) is 5.98. The highest BCUT2D eigenvalue weighted by molar-refractivity contribution is 6.35. The number of ketones is 1. The average Bonchev–Trinajstić information content (AvgIpc) is 2.38. The van der Waals surface area contributed by atoms with E-state index in [9.17, 15) is 18.0 Å². The molecule has 0 heterocycles. The summed E-state index contributed by atoms with van der Waals surface area (Å²) in [6.45, 7) is 0. The molecule has 2 aromatic rings. The predicted molar refractivity (Wildman–Crippen MR) is 70.8 cm³/mol. The molecule has 0 amide bonds. The second-order valence-corrected chi connectivity index (χ2v) is 4.97. The van der Waals surface area contributed by atoms with Gasteiger partial charge in [-0.15, -0.1) is 0 Å². The molecule has 0 bridgehead atoms. The van der Waals surface area contributed by atoms with Crippen LogP contribution in [0.4, 0.5) is 13.2 Å². The van der Waals surface area contributed by atoms with Gasteiger partial charge in [0.25, 0.3) is 0 Å². The Balaban J connectivity index is 2.30. The Kier molecular flexibility index (Phi) is 4.35. The Bertz CT molecular complexity index is 666. The third-order valence-corrected chi connectivity index (χ3v) is 3.09. The maximum atomic E-state index is 13.5. The third-order valence-electron chi connectivity index (χ3n) is 2.65. The van der Waals surface area contributed by atoms with Crippen molar-refractivity contribution < 1.29 is 18.0 Å². The Morgan fingerprint density at radius 1 is 0.950 bits per heavy atom. The van der Waals surface area contributed by atoms with Crippen LogP contribution in [0.25, 0.3) is 0 Å². The molecular weight excluding hydrogens is 312 g/mol. The number of carbonyl (C=O) groups is 1. The first-order chi connectivity index (χ1) is 9.38. The largest absolute Gasteiger partial charge is 0.294 e. The number of rotatable bonds is 3. The Morgan fingerprint density at radius 3 is 2.15 bits per heavy atom. The smallest absolute Gasteiger partial charge is 0.194 e. The predicted octanol–water partition coefficient (Wildman–Crippen LogP) is 4.84. The number of benzene rings is 2. The lowest BCUT2D eigenvalue weighted by molar-refractivity contribution is 0.0991. The van der Waals surface area contributed by atoms with E-state index < -0.39 is 29.7 Å². The Hall–Kier alpha value is -1.52. The molecule has 0 saturated heterocycles. The van der Waals surface area contributed by atoms with Crippen molar-refractivity contribution in [2.24, 2.45) is 0 Å². The maximum absolute atomic E-state index is 13.5. The zero-order valence-corrected chi connectivity index (χ0v) is 11.4. The van der Waals surface area contributed by atoms with Gasteiger partial charge in [-0.05, 0) is 29.8 Å². The van der Waals surface area contributed by atoms with E-state index in [0.29, 0.717) is 0 Å². The van der Waals surface area contributed by atoms with Crippen LogP contribution in [0.15, 0.2) is 30.3 Å². The standard InChI is InChI=1S/C14H7Cl2F3O/c15-9-3-8(4-10(16)6-9)12(20)5-7-1-2-11(17)14(19)13(7)18/h1-4,6H,5H2. The van der Waals surface area contributed by atoms with Crippen LogP contribution in [0.3, 0.4) is 0 Å². The van der Waals surface area contributed by atoms with Gasteiger partial charge in [-0.1, -0.05) is 29.3 Å². The molecule has 0 N–H and O–H groups in total. The number of hydrogen-bond donors (Lipinski definition) is 0. The summed E-state index contributed by atoms with van der Waals surface area (Å²) in [5.74, 6) is -4.77. The van der Waals surface area contributed by atoms with E-state index in [4.69, 9.17) is 23.2 Å². The molecule has 0 aliphatic rings. The molecule has 0 aliphatic heterocycles. The lowest BCUT2D eigenvalue weighted by Gasteiger charge is -2.05. The molecule has 2 rings (SSSR count). The van der Waals surface area contributed by atoms with Crippen LogP contribution >= 0.6 is 23.2 Å². The minimum absolute atomic E-state index is 0.173. The molecule has 0 saturated carbocycles. The van der Waals surface area contributed by atoms with Crippen LogP contribution in [0, 0.1) is 17.5 Å². The molecule has 1 nitrogen and oxygen atoms in total. The van der Waals surface area contributed by atoms with Gasteiger partial charge in [0.2, 0.25) is 0 Å². The normalized spacial score (nSPS) is 10.7. The van der Waals surface area contributed by atoms with Gasteiger partial charge >= 0.3 is 0 Å². The third kappa shape index (κ3) is 3.14. The number of halogens is 5. The first-order valence-corrected chi connectivity index (χ1v) is 6.25. The van der Waals surface area contributed by atoms with Crippen LogP contribution in [0.1, 0.15) is 15.9 Å².